The van der Waals surface area contributed by atoms with Gasteiger partial charge in [0.15, 0.2) is 0 Å². The molecule has 4 fully saturated rings. The summed E-state index contributed by atoms with van der Waals surface area (Å²) < 4.78 is 5.47. The van der Waals surface area contributed by atoms with Crippen molar-refractivity contribution in [2.45, 2.75) is 136 Å². The number of hydrogen-bond acceptors (Lipinski definition) is 6. The number of primary amides is 1. The summed E-state index contributed by atoms with van der Waals surface area (Å²) in [7, 11) is 0. The van der Waals surface area contributed by atoms with E-state index in [9.17, 15) is 24.0 Å². The third-order valence-electron chi connectivity index (χ3n) is 9.96. The highest BCUT2D eigenvalue weighted by Crippen LogP contribution is 2.65. The number of likely N-dealkylation sites (tertiary alicyclic amines) is 1. The second-order valence-corrected chi connectivity index (χ2v) is 15.5. The fourth-order valence-electron chi connectivity index (χ4n) is 7.45. The first kappa shape index (κ1) is 32.3. The van der Waals surface area contributed by atoms with E-state index in [-0.39, 0.29) is 17.2 Å². The number of ketones is 1. The molecule has 2 unspecified atom stereocenters. The summed E-state index contributed by atoms with van der Waals surface area (Å²) in [6, 6.07) is -2.73. The molecule has 5 atom stereocenters. The summed E-state index contributed by atoms with van der Waals surface area (Å²) in [5.74, 6) is -1.33. The van der Waals surface area contributed by atoms with Gasteiger partial charge in [-0.25, -0.2) is 4.79 Å². The minimum atomic E-state index is -1.07. The molecule has 0 aromatic carbocycles. The third-order valence-corrected chi connectivity index (χ3v) is 9.96. The number of nitrogens with zero attached hydrogens (tertiary/aromatic N) is 1. The van der Waals surface area contributed by atoms with E-state index in [0.717, 1.165) is 25.7 Å². The predicted molar refractivity (Wildman–Crippen MR) is 158 cm³/mol. The number of nitrogens with one attached hydrogen (secondary N) is 2. The Balaban J connectivity index is 1.58. The third kappa shape index (κ3) is 7.46. The molecule has 4 rings (SSSR count). The number of ether oxygens (including phenoxy) is 1. The minimum absolute atomic E-state index is 0.148. The first-order valence-corrected chi connectivity index (χ1v) is 15.9. The van der Waals surface area contributed by atoms with E-state index in [0.29, 0.717) is 31.2 Å². The highest BCUT2D eigenvalue weighted by atomic mass is 16.6. The molecule has 42 heavy (non-hydrogen) atoms. The van der Waals surface area contributed by atoms with Crippen LogP contribution in [0.1, 0.15) is 112 Å². The van der Waals surface area contributed by atoms with Crippen molar-refractivity contribution in [2.24, 2.45) is 34.3 Å². The van der Waals surface area contributed by atoms with Crippen LogP contribution in [0, 0.1) is 28.6 Å². The van der Waals surface area contributed by atoms with Crippen molar-refractivity contribution in [1.29, 1.82) is 0 Å². The highest BCUT2D eigenvalue weighted by molar-refractivity contribution is 6.37. The van der Waals surface area contributed by atoms with Gasteiger partial charge in [-0.15, -0.1) is 0 Å². The van der Waals surface area contributed by atoms with E-state index in [2.05, 4.69) is 10.6 Å². The molecule has 4 N–H and O–H groups in total. The molecule has 4 aliphatic rings. The Morgan fingerprint density at radius 1 is 0.905 bits per heavy atom. The Kier molecular flexibility index (Phi) is 9.34. The van der Waals surface area contributed by atoms with Gasteiger partial charge in [0, 0.05) is 6.54 Å². The van der Waals surface area contributed by atoms with Crippen LogP contribution in [0.4, 0.5) is 4.79 Å². The topological polar surface area (TPSA) is 148 Å². The zero-order valence-corrected chi connectivity index (χ0v) is 26.4. The van der Waals surface area contributed by atoms with Crippen molar-refractivity contribution in [3.8, 4) is 0 Å². The van der Waals surface area contributed by atoms with E-state index >= 15 is 0 Å². The Morgan fingerprint density at radius 2 is 1.55 bits per heavy atom. The van der Waals surface area contributed by atoms with Crippen LogP contribution in [0.25, 0.3) is 0 Å². The standard InChI is InChI=1S/C32H52N4O6/c1-30(2,3)25(35-29(41)42-31(4,5)6)28(40)36-18-32(16-21(32)20-13-8-7-9-14-20)17-23(36)27(39)34-22(24(37)26(33)38)15-19-11-10-12-19/h19-23,25H,7-18H2,1-6H3,(H2,33,38)(H,34,39)(H,35,41)/t21?,22?,23-,25+,32+/m0/s1. The molecule has 3 aliphatic carbocycles. The van der Waals surface area contributed by atoms with Gasteiger partial charge in [-0.3, -0.25) is 19.2 Å². The van der Waals surface area contributed by atoms with Crippen molar-refractivity contribution in [3.05, 3.63) is 0 Å². The molecule has 4 amide bonds. The van der Waals surface area contributed by atoms with Gasteiger partial charge < -0.3 is 26.0 Å². The van der Waals surface area contributed by atoms with E-state index < -0.39 is 52.8 Å². The lowest BCUT2D eigenvalue weighted by Gasteiger charge is -2.36. The highest BCUT2D eigenvalue weighted by Gasteiger charge is 2.64. The van der Waals surface area contributed by atoms with Crippen LogP contribution >= 0.6 is 0 Å². The van der Waals surface area contributed by atoms with Crippen molar-refractivity contribution in [2.75, 3.05) is 6.54 Å². The van der Waals surface area contributed by atoms with Crippen LogP contribution in [-0.4, -0.2) is 64.8 Å². The fourth-order valence-corrected chi connectivity index (χ4v) is 7.45. The predicted octanol–water partition coefficient (Wildman–Crippen LogP) is 3.84. The average molecular weight is 589 g/mol. The average Bonchev–Trinajstić information content (AvgIpc) is 3.42. The maximum atomic E-state index is 14.3. The van der Waals surface area contributed by atoms with Crippen molar-refractivity contribution >= 4 is 29.6 Å². The molecule has 0 aromatic rings. The van der Waals surface area contributed by atoms with Crippen molar-refractivity contribution in [1.82, 2.24) is 15.5 Å². The Bertz CT molecular complexity index is 1070. The summed E-state index contributed by atoms with van der Waals surface area (Å²) in [5, 5.41) is 5.63. The van der Waals surface area contributed by atoms with E-state index in [4.69, 9.17) is 10.5 Å². The Morgan fingerprint density at radius 3 is 2.07 bits per heavy atom. The number of nitrogens with two attached hydrogens (primary N) is 1. The lowest BCUT2D eigenvalue weighted by atomic mass is 9.80. The fraction of sp³-hybridized carbons (Fsp3) is 0.844. The molecule has 10 nitrogen and oxygen atoms in total. The summed E-state index contributed by atoms with van der Waals surface area (Å²) >= 11 is 0. The van der Waals surface area contributed by atoms with Gasteiger partial charge in [-0.1, -0.05) is 72.1 Å². The molecule has 1 heterocycles. The molecule has 10 heteroatoms. The van der Waals surface area contributed by atoms with Crippen LogP contribution in [0.15, 0.2) is 0 Å². The van der Waals surface area contributed by atoms with Crippen LogP contribution in [0.2, 0.25) is 0 Å². The van der Waals surface area contributed by atoms with Crippen molar-refractivity contribution < 1.29 is 28.7 Å². The van der Waals surface area contributed by atoms with Gasteiger partial charge in [-0.2, -0.15) is 0 Å². The van der Waals surface area contributed by atoms with Gasteiger partial charge in [0.2, 0.25) is 17.6 Å². The van der Waals surface area contributed by atoms with Crippen LogP contribution in [0.5, 0.6) is 0 Å². The minimum Gasteiger partial charge on any atom is -0.444 e. The first-order chi connectivity index (χ1) is 19.5. The van der Waals surface area contributed by atoms with Gasteiger partial charge in [0.1, 0.15) is 17.7 Å². The molecule has 3 saturated carbocycles. The number of rotatable bonds is 9. The largest absolute Gasteiger partial charge is 0.444 e. The van der Waals surface area contributed by atoms with E-state index in [1.807, 2.05) is 20.8 Å². The summed E-state index contributed by atoms with van der Waals surface area (Å²) in [6.45, 7) is 11.3. The molecule has 1 saturated heterocycles. The summed E-state index contributed by atoms with van der Waals surface area (Å²) in [6.07, 6.45) is 10.2. The molecule has 1 spiro atoms. The lowest BCUT2D eigenvalue weighted by Crippen LogP contribution is -2.59. The number of Topliss-reactive ketones (excluding diaryl/α,β-unsaturated/α-hetero) is 1. The molecular formula is C32H52N4O6. The van der Waals surface area contributed by atoms with Crippen molar-refractivity contribution in [3.63, 3.8) is 0 Å². The monoisotopic (exact) mass is 588 g/mol. The lowest BCUT2D eigenvalue weighted by molar-refractivity contribution is -0.143. The molecule has 1 aliphatic heterocycles. The zero-order valence-electron chi connectivity index (χ0n) is 26.4. The van der Waals surface area contributed by atoms with Gasteiger partial charge in [-0.05, 0) is 68.6 Å². The molecule has 0 bridgehead atoms. The zero-order chi connectivity index (χ0) is 31.0. The van der Waals surface area contributed by atoms with Gasteiger partial charge in [0.25, 0.3) is 5.91 Å². The molecular weight excluding hydrogens is 536 g/mol. The first-order valence-electron chi connectivity index (χ1n) is 15.9. The number of alkyl carbamates (subject to hydrolysis) is 1. The Hall–Kier alpha value is -2.65. The van der Waals surface area contributed by atoms with E-state index in [1.165, 1.54) is 32.1 Å². The number of amides is 4. The maximum absolute atomic E-state index is 14.3. The smallest absolute Gasteiger partial charge is 0.408 e. The second-order valence-electron chi connectivity index (χ2n) is 15.5. The van der Waals surface area contributed by atoms with Crippen LogP contribution in [-0.2, 0) is 23.9 Å². The maximum Gasteiger partial charge on any atom is 0.408 e. The number of carbonyl (C=O) groups excluding carboxylic acids is 5. The Labute approximate surface area is 250 Å². The quantitative estimate of drug-likeness (QED) is 0.349. The van der Waals surface area contributed by atoms with Gasteiger partial charge >= 0.3 is 6.09 Å². The van der Waals surface area contributed by atoms with Crippen LogP contribution in [0.3, 0.4) is 0 Å². The molecule has 0 radical (unpaired) electrons. The number of hydrogen-bond donors (Lipinski definition) is 3. The molecule has 0 aromatic heterocycles. The second kappa shape index (κ2) is 12.2. The van der Waals surface area contributed by atoms with E-state index in [1.54, 1.807) is 25.7 Å². The normalized spacial score (nSPS) is 28.0. The van der Waals surface area contributed by atoms with Crippen LogP contribution < -0.4 is 16.4 Å². The summed E-state index contributed by atoms with van der Waals surface area (Å²) in [4.78, 5) is 67.2. The summed E-state index contributed by atoms with van der Waals surface area (Å²) in [5.41, 5.74) is 3.81. The molecule has 236 valence electrons. The SMILES string of the molecule is CC(C)(C)OC(=O)N[C@H](C(=O)N1C[C@@]2(CC2C2CCCCC2)C[C@H]1C(=O)NC(CC1CCC1)C(=O)C(N)=O)C(C)(C)C. The van der Waals surface area contributed by atoms with Gasteiger partial charge in [0.05, 0.1) is 6.04 Å². The number of carbonyl (C=O) groups is 5.